The van der Waals surface area contributed by atoms with Crippen molar-refractivity contribution < 1.29 is 9.90 Å². The van der Waals surface area contributed by atoms with Crippen molar-refractivity contribution in [2.45, 2.75) is 90.8 Å². The van der Waals surface area contributed by atoms with E-state index in [9.17, 15) is 14.7 Å². The third-order valence-electron chi connectivity index (χ3n) is 9.76. The van der Waals surface area contributed by atoms with Gasteiger partial charge in [-0.1, -0.05) is 26.0 Å². The van der Waals surface area contributed by atoms with E-state index in [0.717, 1.165) is 37.1 Å². The number of carbonyl (C=O) groups is 1. The van der Waals surface area contributed by atoms with Gasteiger partial charge in [-0.15, -0.1) is 0 Å². The summed E-state index contributed by atoms with van der Waals surface area (Å²) >= 11 is 0. The van der Waals surface area contributed by atoms with Crippen LogP contribution in [0.4, 0.5) is 0 Å². The lowest BCUT2D eigenvalue weighted by Gasteiger charge is -2.60. The van der Waals surface area contributed by atoms with Crippen molar-refractivity contribution in [1.29, 1.82) is 0 Å². The van der Waals surface area contributed by atoms with Crippen molar-refractivity contribution in [2.24, 2.45) is 23.2 Å². The minimum atomic E-state index is -1.26. The van der Waals surface area contributed by atoms with Crippen molar-refractivity contribution in [2.75, 3.05) is 6.54 Å². The molecule has 6 nitrogen and oxygen atoms in total. The molecule has 1 aliphatic heterocycles. The Morgan fingerprint density at radius 2 is 1.97 bits per heavy atom. The van der Waals surface area contributed by atoms with Crippen molar-refractivity contribution in [3.63, 3.8) is 0 Å². The lowest BCUT2D eigenvalue weighted by Crippen LogP contribution is -2.53. The van der Waals surface area contributed by atoms with Gasteiger partial charge < -0.3 is 9.67 Å². The minimum absolute atomic E-state index is 0.0997. The topological polar surface area (TPSA) is 75.4 Å². The van der Waals surface area contributed by atoms with Crippen molar-refractivity contribution in [3.8, 4) is 0 Å². The van der Waals surface area contributed by atoms with Crippen LogP contribution in [0.25, 0.3) is 11.0 Å². The first-order chi connectivity index (χ1) is 16.2. The van der Waals surface area contributed by atoms with Crippen LogP contribution < -0.4 is 5.56 Å². The van der Waals surface area contributed by atoms with Gasteiger partial charge in [-0.3, -0.25) is 9.69 Å². The molecule has 6 atom stereocenters. The lowest BCUT2D eigenvalue weighted by molar-refractivity contribution is -0.108. The zero-order chi connectivity index (χ0) is 24.2. The highest BCUT2D eigenvalue weighted by Gasteiger charge is 2.53. The lowest BCUT2D eigenvalue weighted by atomic mass is 9.45. The van der Waals surface area contributed by atoms with Crippen LogP contribution in [-0.4, -0.2) is 44.2 Å². The SMILES string of the molecule is CC1CCC(CC(C)n2c(=O)c(C(=O)O)nc3ccccc32)N1CCC1CCC2CC1C2(C)C. The second-order valence-electron chi connectivity index (χ2n) is 11.8. The van der Waals surface area contributed by atoms with Gasteiger partial charge in [0.15, 0.2) is 0 Å². The molecule has 184 valence electrons. The summed E-state index contributed by atoms with van der Waals surface area (Å²) < 4.78 is 1.67. The van der Waals surface area contributed by atoms with Crippen LogP contribution in [0.5, 0.6) is 0 Å². The van der Waals surface area contributed by atoms with Crippen LogP contribution >= 0.6 is 0 Å². The zero-order valence-electron chi connectivity index (χ0n) is 21.0. The summed E-state index contributed by atoms with van der Waals surface area (Å²) in [4.78, 5) is 31.6. The number of nitrogens with zero attached hydrogens (tertiary/aromatic N) is 3. The molecule has 1 aromatic heterocycles. The maximum Gasteiger partial charge on any atom is 0.360 e. The maximum absolute atomic E-state index is 13.1. The molecule has 6 unspecified atom stereocenters. The van der Waals surface area contributed by atoms with E-state index in [4.69, 9.17) is 0 Å². The third kappa shape index (κ3) is 3.88. The number of carboxylic acids is 1. The van der Waals surface area contributed by atoms with E-state index in [1.54, 1.807) is 10.6 Å². The van der Waals surface area contributed by atoms with Crippen LogP contribution in [0.2, 0.25) is 0 Å². The molecular weight excluding hydrogens is 426 g/mol. The van der Waals surface area contributed by atoms with Gasteiger partial charge in [-0.05, 0) is 101 Å². The zero-order valence-corrected chi connectivity index (χ0v) is 21.0. The molecule has 2 bridgehead atoms. The normalized spacial score (nSPS) is 31.4. The highest BCUT2D eigenvalue weighted by Crippen LogP contribution is 2.62. The molecule has 2 heterocycles. The Kier molecular flexibility index (Phi) is 6.07. The molecular formula is C28H39N3O3. The van der Waals surface area contributed by atoms with Gasteiger partial charge in [0.2, 0.25) is 5.69 Å². The van der Waals surface area contributed by atoms with Crippen molar-refractivity contribution in [1.82, 2.24) is 14.5 Å². The smallest absolute Gasteiger partial charge is 0.360 e. The average Bonchev–Trinajstić information content (AvgIpc) is 3.15. The number of likely N-dealkylation sites (tertiary alicyclic amines) is 1. The third-order valence-corrected chi connectivity index (χ3v) is 9.76. The largest absolute Gasteiger partial charge is 0.476 e. The number of hydrogen-bond donors (Lipinski definition) is 1. The maximum atomic E-state index is 13.1. The van der Waals surface area contributed by atoms with Gasteiger partial charge in [0, 0.05) is 18.1 Å². The molecule has 0 amide bonds. The second-order valence-corrected chi connectivity index (χ2v) is 11.8. The fourth-order valence-corrected chi connectivity index (χ4v) is 7.63. The number of rotatable bonds is 7. The Morgan fingerprint density at radius 3 is 2.68 bits per heavy atom. The van der Waals surface area contributed by atoms with Crippen molar-refractivity contribution in [3.05, 3.63) is 40.3 Å². The van der Waals surface area contributed by atoms with Crippen molar-refractivity contribution >= 4 is 17.0 Å². The van der Waals surface area contributed by atoms with Gasteiger partial charge in [0.05, 0.1) is 11.0 Å². The van der Waals surface area contributed by atoms with Crippen LogP contribution in [0.3, 0.4) is 0 Å². The van der Waals surface area contributed by atoms with Crippen LogP contribution in [0, 0.1) is 23.2 Å². The summed E-state index contributed by atoms with van der Waals surface area (Å²) in [7, 11) is 0. The number of fused-ring (bicyclic) bond motifs is 3. The first-order valence-corrected chi connectivity index (χ1v) is 13.2. The van der Waals surface area contributed by atoms with E-state index in [2.05, 4.69) is 37.6 Å². The second kappa shape index (κ2) is 8.78. The Balaban J connectivity index is 1.34. The molecule has 1 N–H and O–H groups in total. The predicted octanol–water partition coefficient (Wildman–Crippen LogP) is 5.36. The Hall–Kier alpha value is -2.21. The van der Waals surface area contributed by atoms with E-state index < -0.39 is 11.5 Å². The fraction of sp³-hybridized carbons (Fsp3) is 0.679. The van der Waals surface area contributed by atoms with E-state index in [1.165, 1.54) is 32.1 Å². The number of aromatic carboxylic acids is 1. The summed E-state index contributed by atoms with van der Waals surface area (Å²) in [6.45, 7) is 10.5. The van der Waals surface area contributed by atoms with Crippen LogP contribution in [0.1, 0.15) is 89.2 Å². The van der Waals surface area contributed by atoms with Crippen LogP contribution in [-0.2, 0) is 0 Å². The molecule has 6 heteroatoms. The molecule has 1 saturated heterocycles. The number of carboxylic acid groups (broad SMARTS) is 1. The van der Waals surface area contributed by atoms with Gasteiger partial charge in [-0.2, -0.15) is 0 Å². The minimum Gasteiger partial charge on any atom is -0.476 e. The standard InChI is InChI=1S/C28H39N3O3/c1-17-9-12-21(30(17)14-13-19-10-11-20-16-22(19)28(20,3)4)15-18(2)31-24-8-6-5-7-23(24)29-25(26(31)32)27(33)34/h5-8,17-22H,9-16H2,1-4H3,(H,33,34). The summed E-state index contributed by atoms with van der Waals surface area (Å²) in [5.41, 5.74) is 0.910. The first-order valence-electron chi connectivity index (χ1n) is 13.2. The summed E-state index contributed by atoms with van der Waals surface area (Å²) in [5.74, 6) is 1.41. The molecule has 2 aromatic rings. The molecule has 6 rings (SSSR count). The number of aromatic nitrogens is 2. The summed E-state index contributed by atoms with van der Waals surface area (Å²) in [5, 5.41) is 9.56. The monoisotopic (exact) mass is 465 g/mol. The molecule has 4 fully saturated rings. The first kappa shape index (κ1) is 23.5. The molecule has 0 radical (unpaired) electrons. The molecule has 1 aromatic carbocycles. The van der Waals surface area contributed by atoms with E-state index in [-0.39, 0.29) is 11.7 Å². The van der Waals surface area contributed by atoms with E-state index in [1.807, 2.05) is 18.2 Å². The highest BCUT2D eigenvalue weighted by atomic mass is 16.4. The Bertz CT molecular complexity index is 1140. The molecule has 0 spiro atoms. The average molecular weight is 466 g/mol. The molecule has 34 heavy (non-hydrogen) atoms. The van der Waals surface area contributed by atoms with Gasteiger partial charge in [0.25, 0.3) is 5.56 Å². The molecule has 4 aliphatic rings. The highest BCUT2D eigenvalue weighted by molar-refractivity contribution is 5.88. The Morgan fingerprint density at radius 1 is 1.21 bits per heavy atom. The Labute approximate surface area is 202 Å². The molecule has 3 saturated carbocycles. The van der Waals surface area contributed by atoms with Crippen LogP contribution in [0.15, 0.2) is 29.1 Å². The predicted molar refractivity (Wildman–Crippen MR) is 134 cm³/mol. The number of para-hydroxylation sites is 2. The molecule has 3 aliphatic carbocycles. The van der Waals surface area contributed by atoms with Gasteiger partial charge >= 0.3 is 5.97 Å². The fourth-order valence-electron chi connectivity index (χ4n) is 7.63. The number of hydrogen-bond acceptors (Lipinski definition) is 4. The summed E-state index contributed by atoms with van der Waals surface area (Å²) in [6.07, 6.45) is 8.66. The summed E-state index contributed by atoms with van der Waals surface area (Å²) in [6, 6.07) is 8.25. The van der Waals surface area contributed by atoms with Gasteiger partial charge in [0.1, 0.15) is 0 Å². The van der Waals surface area contributed by atoms with E-state index >= 15 is 0 Å². The number of benzene rings is 1. The van der Waals surface area contributed by atoms with Gasteiger partial charge in [-0.25, -0.2) is 9.78 Å². The van der Waals surface area contributed by atoms with E-state index in [0.29, 0.717) is 28.5 Å². The quantitative estimate of drug-likeness (QED) is 0.596.